The number of carbonyl (C=O) groups is 1. The molecule has 1 aliphatic rings. The number of carbonyl (C=O) groups excluding carboxylic acids is 1. The molecule has 1 N–H and O–H groups in total. The summed E-state index contributed by atoms with van der Waals surface area (Å²) in [5, 5.41) is 3.91. The second-order valence-corrected chi connectivity index (χ2v) is 6.55. The van der Waals surface area contributed by atoms with Gasteiger partial charge in [-0.25, -0.2) is 9.97 Å². The fourth-order valence-electron chi connectivity index (χ4n) is 2.65. The van der Waals surface area contributed by atoms with E-state index in [2.05, 4.69) is 15.3 Å². The highest BCUT2D eigenvalue weighted by Gasteiger charge is 2.22. The van der Waals surface area contributed by atoms with Crippen LogP contribution in [0.5, 0.6) is 0 Å². The molecule has 0 radical (unpaired) electrons. The predicted octanol–water partition coefficient (Wildman–Crippen LogP) is 2.07. The number of thioether (sulfide) groups is 1. The molecule has 1 aliphatic heterocycles. The Bertz CT molecular complexity index is 472. The summed E-state index contributed by atoms with van der Waals surface area (Å²) >= 11 is 1.44. The number of hydrogen-bond donors (Lipinski definition) is 1. The van der Waals surface area contributed by atoms with Crippen molar-refractivity contribution in [3.05, 3.63) is 17.5 Å². The maximum atomic E-state index is 12.2. The SMILES string of the molecule is CNCC1CCN(C(=O)CSc2nc(C)cc(C)n2)CC1.Cl. The van der Waals surface area contributed by atoms with E-state index < -0.39 is 0 Å². The zero-order chi connectivity index (χ0) is 15.2. The minimum atomic E-state index is 0. The number of aryl methyl sites for hydroxylation is 2. The van der Waals surface area contributed by atoms with Crippen LogP contribution in [-0.4, -0.2) is 53.2 Å². The fraction of sp³-hybridized carbons (Fsp3) is 0.667. The van der Waals surface area contributed by atoms with E-state index >= 15 is 0 Å². The van der Waals surface area contributed by atoms with Crippen LogP contribution < -0.4 is 5.32 Å². The van der Waals surface area contributed by atoms with Gasteiger partial charge in [0.15, 0.2) is 5.16 Å². The van der Waals surface area contributed by atoms with Crippen molar-refractivity contribution >= 4 is 30.1 Å². The van der Waals surface area contributed by atoms with E-state index in [4.69, 9.17) is 0 Å². The number of nitrogens with zero attached hydrogens (tertiary/aromatic N) is 3. The van der Waals surface area contributed by atoms with Gasteiger partial charge in [0.1, 0.15) is 0 Å². The highest BCUT2D eigenvalue weighted by molar-refractivity contribution is 7.99. The first-order valence-electron chi connectivity index (χ1n) is 7.46. The molecule has 5 nitrogen and oxygen atoms in total. The Morgan fingerprint density at radius 2 is 1.91 bits per heavy atom. The number of aromatic nitrogens is 2. The lowest BCUT2D eigenvalue weighted by atomic mass is 9.97. The molecule has 1 saturated heterocycles. The number of rotatable bonds is 5. The third kappa shape index (κ3) is 5.74. The summed E-state index contributed by atoms with van der Waals surface area (Å²) in [5.74, 6) is 1.33. The molecule has 0 bridgehead atoms. The number of amides is 1. The fourth-order valence-corrected chi connectivity index (χ4v) is 3.50. The maximum Gasteiger partial charge on any atom is 0.233 e. The van der Waals surface area contributed by atoms with Crippen molar-refractivity contribution < 1.29 is 4.79 Å². The summed E-state index contributed by atoms with van der Waals surface area (Å²) in [4.78, 5) is 22.9. The zero-order valence-corrected chi connectivity index (χ0v) is 15.1. The van der Waals surface area contributed by atoms with Gasteiger partial charge in [0.2, 0.25) is 5.91 Å². The van der Waals surface area contributed by atoms with Gasteiger partial charge in [-0.2, -0.15) is 0 Å². The van der Waals surface area contributed by atoms with Crippen molar-refractivity contribution in [1.29, 1.82) is 0 Å². The molecule has 0 unspecified atom stereocenters. The third-order valence-electron chi connectivity index (χ3n) is 3.75. The number of hydrogen-bond acceptors (Lipinski definition) is 5. The van der Waals surface area contributed by atoms with Crippen LogP contribution in [0.15, 0.2) is 11.2 Å². The lowest BCUT2D eigenvalue weighted by Gasteiger charge is -2.31. The number of nitrogens with one attached hydrogen (secondary N) is 1. The average molecular weight is 345 g/mol. The molecule has 1 aromatic heterocycles. The van der Waals surface area contributed by atoms with Crippen LogP contribution in [-0.2, 0) is 4.79 Å². The van der Waals surface area contributed by atoms with E-state index in [0.29, 0.717) is 16.8 Å². The molecular formula is C15H25ClN4OS. The van der Waals surface area contributed by atoms with Gasteiger partial charge in [-0.3, -0.25) is 4.79 Å². The third-order valence-corrected chi connectivity index (χ3v) is 4.58. The largest absolute Gasteiger partial charge is 0.342 e. The van der Waals surface area contributed by atoms with Gasteiger partial charge in [0, 0.05) is 24.5 Å². The van der Waals surface area contributed by atoms with E-state index in [9.17, 15) is 4.79 Å². The first-order valence-corrected chi connectivity index (χ1v) is 8.44. The van der Waals surface area contributed by atoms with E-state index in [1.807, 2.05) is 31.9 Å². The number of halogens is 1. The van der Waals surface area contributed by atoms with Gasteiger partial charge in [-0.05, 0) is 52.3 Å². The van der Waals surface area contributed by atoms with E-state index in [0.717, 1.165) is 43.9 Å². The summed E-state index contributed by atoms with van der Waals surface area (Å²) in [5.41, 5.74) is 1.90. The summed E-state index contributed by atoms with van der Waals surface area (Å²) in [7, 11) is 1.98. The van der Waals surface area contributed by atoms with Crippen LogP contribution in [0.1, 0.15) is 24.2 Å². The van der Waals surface area contributed by atoms with Gasteiger partial charge >= 0.3 is 0 Å². The molecule has 22 heavy (non-hydrogen) atoms. The highest BCUT2D eigenvalue weighted by Crippen LogP contribution is 2.19. The molecule has 1 fully saturated rings. The molecule has 0 spiro atoms. The lowest BCUT2D eigenvalue weighted by molar-refractivity contribution is -0.129. The Balaban J connectivity index is 0.00000242. The van der Waals surface area contributed by atoms with Crippen molar-refractivity contribution in [3.63, 3.8) is 0 Å². The van der Waals surface area contributed by atoms with Gasteiger partial charge in [-0.15, -0.1) is 12.4 Å². The molecule has 0 atom stereocenters. The minimum Gasteiger partial charge on any atom is -0.342 e. The minimum absolute atomic E-state index is 0. The van der Waals surface area contributed by atoms with Crippen LogP contribution in [0.3, 0.4) is 0 Å². The second kappa shape index (κ2) is 9.33. The Morgan fingerprint density at radius 3 is 2.45 bits per heavy atom. The average Bonchev–Trinajstić information content (AvgIpc) is 2.45. The molecule has 7 heteroatoms. The van der Waals surface area contributed by atoms with E-state index in [1.165, 1.54) is 11.8 Å². The Morgan fingerprint density at radius 1 is 1.32 bits per heavy atom. The number of likely N-dealkylation sites (tertiary alicyclic amines) is 1. The van der Waals surface area contributed by atoms with Crippen LogP contribution in [0.2, 0.25) is 0 Å². The Kier molecular flexibility index (Phi) is 8.14. The quantitative estimate of drug-likeness (QED) is 0.654. The van der Waals surface area contributed by atoms with Crippen LogP contribution in [0.4, 0.5) is 0 Å². The Hall–Kier alpha value is -0.850. The summed E-state index contributed by atoms with van der Waals surface area (Å²) in [6, 6.07) is 1.94. The zero-order valence-electron chi connectivity index (χ0n) is 13.5. The maximum absolute atomic E-state index is 12.2. The molecule has 0 aliphatic carbocycles. The summed E-state index contributed by atoms with van der Waals surface area (Å²) in [6.45, 7) is 6.70. The molecule has 0 saturated carbocycles. The smallest absolute Gasteiger partial charge is 0.233 e. The molecule has 0 aromatic carbocycles. The van der Waals surface area contributed by atoms with Crippen LogP contribution in [0, 0.1) is 19.8 Å². The van der Waals surface area contributed by atoms with Crippen LogP contribution >= 0.6 is 24.2 Å². The normalized spacial score (nSPS) is 15.5. The number of piperidine rings is 1. The molecule has 2 rings (SSSR count). The molecule has 1 aromatic rings. The molecule has 1 amide bonds. The second-order valence-electron chi connectivity index (χ2n) is 5.60. The molecule has 2 heterocycles. The molecular weight excluding hydrogens is 320 g/mol. The van der Waals surface area contributed by atoms with Gasteiger partial charge in [-0.1, -0.05) is 11.8 Å². The topological polar surface area (TPSA) is 58.1 Å². The van der Waals surface area contributed by atoms with Gasteiger partial charge in [0.25, 0.3) is 0 Å². The van der Waals surface area contributed by atoms with Crippen molar-refractivity contribution in [1.82, 2.24) is 20.2 Å². The van der Waals surface area contributed by atoms with Gasteiger partial charge < -0.3 is 10.2 Å². The lowest BCUT2D eigenvalue weighted by Crippen LogP contribution is -2.41. The monoisotopic (exact) mass is 344 g/mol. The summed E-state index contributed by atoms with van der Waals surface area (Å²) in [6.07, 6.45) is 2.19. The standard InChI is InChI=1S/C15H24N4OS.ClH/c1-11-8-12(2)18-15(17-11)21-10-14(20)19-6-4-13(5-7-19)9-16-3;/h8,13,16H,4-7,9-10H2,1-3H3;1H. The first-order chi connectivity index (χ1) is 10.1. The van der Waals surface area contributed by atoms with Crippen LogP contribution in [0.25, 0.3) is 0 Å². The van der Waals surface area contributed by atoms with E-state index in [1.54, 1.807) is 0 Å². The van der Waals surface area contributed by atoms with Crippen molar-refractivity contribution in [2.45, 2.75) is 31.8 Å². The first kappa shape index (κ1) is 19.2. The van der Waals surface area contributed by atoms with Crippen molar-refractivity contribution in [2.75, 3.05) is 32.4 Å². The van der Waals surface area contributed by atoms with Crippen molar-refractivity contribution in [2.24, 2.45) is 5.92 Å². The van der Waals surface area contributed by atoms with Crippen molar-refractivity contribution in [3.8, 4) is 0 Å². The van der Waals surface area contributed by atoms with E-state index in [-0.39, 0.29) is 18.3 Å². The predicted molar refractivity (Wildman–Crippen MR) is 92.7 cm³/mol. The highest BCUT2D eigenvalue weighted by atomic mass is 35.5. The molecule has 124 valence electrons. The summed E-state index contributed by atoms with van der Waals surface area (Å²) < 4.78 is 0. The Labute approximate surface area is 143 Å². The van der Waals surface area contributed by atoms with Gasteiger partial charge in [0.05, 0.1) is 5.75 Å².